The highest BCUT2D eigenvalue weighted by atomic mass is 32.1. The molecule has 5 rings (SSSR count). The molecule has 1 atom stereocenters. The molecule has 0 bridgehead atoms. The van der Waals surface area contributed by atoms with Crippen molar-refractivity contribution in [1.82, 2.24) is 4.57 Å². The first-order chi connectivity index (χ1) is 19.5. The smallest absolute Gasteiger partial charge is 0.271 e. The zero-order valence-corrected chi connectivity index (χ0v) is 23.1. The fourth-order valence-electron chi connectivity index (χ4n) is 4.53. The summed E-state index contributed by atoms with van der Waals surface area (Å²) in [6.45, 7) is 8.35. The quantitative estimate of drug-likeness (QED) is 0.302. The van der Waals surface area contributed by atoms with Gasteiger partial charge in [-0.1, -0.05) is 66.5 Å². The molecule has 3 aromatic carbocycles. The van der Waals surface area contributed by atoms with Gasteiger partial charge < -0.3 is 14.8 Å². The average Bonchev–Trinajstić information content (AvgIpc) is 3.27. The number of nitrogens with zero attached hydrogens (tertiary/aromatic N) is 2. The van der Waals surface area contributed by atoms with E-state index in [0.717, 1.165) is 22.6 Å². The van der Waals surface area contributed by atoms with Crippen molar-refractivity contribution in [3.63, 3.8) is 0 Å². The normalized spacial score (nSPS) is 14.8. The molecule has 0 fully saturated rings. The molecule has 0 saturated heterocycles. The van der Waals surface area contributed by atoms with Gasteiger partial charge in [-0.05, 0) is 67.4 Å². The van der Waals surface area contributed by atoms with Crippen LogP contribution >= 0.6 is 11.3 Å². The minimum Gasteiger partial charge on any atom is -0.494 e. The first kappa shape index (κ1) is 26.9. The number of carbonyl (C=O) groups is 1. The van der Waals surface area contributed by atoms with Crippen LogP contribution < -0.4 is 29.7 Å². The predicted octanol–water partition coefficient (Wildman–Crippen LogP) is 4.84. The van der Waals surface area contributed by atoms with E-state index in [4.69, 9.17) is 14.5 Å². The molecule has 1 aliphatic heterocycles. The summed E-state index contributed by atoms with van der Waals surface area (Å²) in [6, 6.07) is 23.6. The number of ether oxygens (including phenoxy) is 2. The molecule has 1 N–H and O–H groups in total. The lowest BCUT2D eigenvalue weighted by atomic mass is 9.95. The van der Waals surface area contributed by atoms with Crippen molar-refractivity contribution < 1.29 is 14.3 Å². The molecule has 7 nitrogen and oxygen atoms in total. The summed E-state index contributed by atoms with van der Waals surface area (Å²) in [7, 11) is 0. The number of benzene rings is 3. The van der Waals surface area contributed by atoms with Crippen molar-refractivity contribution in [2.45, 2.75) is 19.9 Å². The van der Waals surface area contributed by atoms with Crippen molar-refractivity contribution in [2.24, 2.45) is 4.99 Å². The maximum absolute atomic E-state index is 13.9. The molecule has 1 aliphatic rings. The number of allylic oxidation sites excluding steroid dienone is 1. The number of aromatic nitrogens is 1. The predicted molar refractivity (Wildman–Crippen MR) is 159 cm³/mol. The molecule has 40 heavy (non-hydrogen) atoms. The van der Waals surface area contributed by atoms with Gasteiger partial charge in [-0.3, -0.25) is 14.2 Å². The molecule has 0 saturated carbocycles. The zero-order valence-electron chi connectivity index (χ0n) is 22.3. The minimum atomic E-state index is -0.660. The summed E-state index contributed by atoms with van der Waals surface area (Å²) >= 11 is 1.30. The van der Waals surface area contributed by atoms with Gasteiger partial charge in [0.25, 0.3) is 11.5 Å². The molecule has 1 aromatic heterocycles. The first-order valence-electron chi connectivity index (χ1n) is 12.9. The number of hydrogen-bond acceptors (Lipinski definition) is 6. The van der Waals surface area contributed by atoms with Crippen LogP contribution in [0, 0.1) is 0 Å². The molecular formula is C32H29N3O4S. The van der Waals surface area contributed by atoms with Crippen LogP contribution in [0.3, 0.4) is 0 Å². The molecule has 2 heterocycles. The number of fused-ring (bicyclic) bond motifs is 1. The van der Waals surface area contributed by atoms with E-state index in [1.165, 1.54) is 11.3 Å². The van der Waals surface area contributed by atoms with Gasteiger partial charge in [-0.2, -0.15) is 0 Å². The monoisotopic (exact) mass is 551 g/mol. The zero-order chi connectivity index (χ0) is 28.1. The third kappa shape index (κ3) is 5.67. The topological polar surface area (TPSA) is 81.9 Å². The van der Waals surface area contributed by atoms with E-state index in [2.05, 4.69) is 11.9 Å². The van der Waals surface area contributed by atoms with Crippen LogP contribution in [-0.2, 0) is 4.79 Å². The van der Waals surface area contributed by atoms with Crippen molar-refractivity contribution in [2.75, 3.05) is 18.5 Å². The van der Waals surface area contributed by atoms with E-state index < -0.39 is 6.04 Å². The van der Waals surface area contributed by atoms with Gasteiger partial charge in [-0.25, -0.2) is 4.99 Å². The average molecular weight is 552 g/mol. The molecule has 1 amide bonds. The second-order valence-electron chi connectivity index (χ2n) is 9.07. The second kappa shape index (κ2) is 12.0. The lowest BCUT2D eigenvalue weighted by Crippen LogP contribution is -2.40. The van der Waals surface area contributed by atoms with Crippen LogP contribution in [0.2, 0.25) is 0 Å². The summed E-state index contributed by atoms with van der Waals surface area (Å²) in [5.41, 5.74) is 3.06. The van der Waals surface area contributed by atoms with Crippen LogP contribution in [-0.4, -0.2) is 23.7 Å². The van der Waals surface area contributed by atoms with Crippen molar-refractivity contribution in [3.05, 3.63) is 134 Å². The lowest BCUT2D eigenvalue weighted by molar-refractivity contribution is -0.113. The Kier molecular flexibility index (Phi) is 8.07. The highest BCUT2D eigenvalue weighted by molar-refractivity contribution is 7.07. The maximum atomic E-state index is 13.9. The van der Waals surface area contributed by atoms with Crippen molar-refractivity contribution >= 4 is 29.0 Å². The van der Waals surface area contributed by atoms with Crippen LogP contribution in [0.1, 0.15) is 31.0 Å². The van der Waals surface area contributed by atoms with Gasteiger partial charge in [0.05, 0.1) is 28.5 Å². The Hall–Kier alpha value is -4.69. The van der Waals surface area contributed by atoms with Crippen LogP contribution in [0.15, 0.2) is 113 Å². The van der Waals surface area contributed by atoms with Crippen molar-refractivity contribution in [3.8, 4) is 11.5 Å². The van der Waals surface area contributed by atoms with Gasteiger partial charge in [-0.15, -0.1) is 0 Å². The maximum Gasteiger partial charge on any atom is 0.271 e. The molecule has 8 heteroatoms. The van der Waals surface area contributed by atoms with Gasteiger partial charge in [0.15, 0.2) is 4.80 Å². The molecule has 0 radical (unpaired) electrons. The number of anilines is 1. The lowest BCUT2D eigenvalue weighted by Gasteiger charge is -2.25. The van der Waals surface area contributed by atoms with E-state index in [-0.39, 0.29) is 11.5 Å². The highest BCUT2D eigenvalue weighted by Gasteiger charge is 2.32. The number of carbonyl (C=O) groups excluding carboxylic acids is 1. The van der Waals surface area contributed by atoms with Gasteiger partial charge in [0, 0.05) is 5.69 Å². The van der Waals surface area contributed by atoms with Crippen molar-refractivity contribution in [1.29, 1.82) is 0 Å². The minimum absolute atomic E-state index is 0.216. The van der Waals surface area contributed by atoms with E-state index in [1.54, 1.807) is 17.6 Å². The molecule has 202 valence electrons. The standard InChI is InChI=1S/C32H29N3O4S/c1-4-19-39-26-15-11-22(12-16-26)20-27-31(37)35-29(23-13-17-25(18-14-23)38-5-2)28(21(3)33-32(35)40-27)30(36)34-24-9-7-6-8-10-24/h4,6-18,20,29H,1,5,19H2,2-3H3,(H,34,36)/b27-20-/t29-/m1/s1. The number of hydrogen-bond donors (Lipinski definition) is 1. The van der Waals surface area contributed by atoms with Crippen LogP contribution in [0.5, 0.6) is 11.5 Å². The molecule has 0 spiro atoms. The van der Waals surface area contributed by atoms with E-state index >= 15 is 0 Å². The Bertz CT molecular complexity index is 1740. The molecule has 0 unspecified atom stereocenters. The summed E-state index contributed by atoms with van der Waals surface area (Å²) < 4.78 is 13.3. The third-order valence-electron chi connectivity index (χ3n) is 6.35. The number of para-hydroxylation sites is 1. The van der Waals surface area contributed by atoms with Gasteiger partial charge >= 0.3 is 0 Å². The van der Waals surface area contributed by atoms with Crippen LogP contribution in [0.25, 0.3) is 6.08 Å². The van der Waals surface area contributed by atoms with Gasteiger partial charge in [0.1, 0.15) is 18.1 Å². The SMILES string of the molecule is C=CCOc1ccc(/C=c2\sc3n(c2=O)[C@H](c2ccc(OCC)cc2)C(C(=O)Nc2ccccc2)=C(C)N=3)cc1. The largest absolute Gasteiger partial charge is 0.494 e. The Morgan fingerprint density at radius 2 is 1.70 bits per heavy atom. The Balaban J connectivity index is 1.60. The molecule has 4 aromatic rings. The van der Waals surface area contributed by atoms with Gasteiger partial charge in [0.2, 0.25) is 0 Å². The third-order valence-corrected chi connectivity index (χ3v) is 7.33. The molecular weight excluding hydrogens is 522 g/mol. The fourth-order valence-corrected chi connectivity index (χ4v) is 5.57. The number of thiazole rings is 1. The van der Waals surface area contributed by atoms with E-state index in [1.807, 2.05) is 91.9 Å². The van der Waals surface area contributed by atoms with Crippen LogP contribution in [0.4, 0.5) is 5.69 Å². The summed E-state index contributed by atoms with van der Waals surface area (Å²) in [6.07, 6.45) is 3.52. The first-order valence-corrected chi connectivity index (χ1v) is 13.8. The Morgan fingerprint density at radius 1 is 1.02 bits per heavy atom. The number of amides is 1. The fraction of sp³-hybridized carbons (Fsp3) is 0.156. The summed E-state index contributed by atoms with van der Waals surface area (Å²) in [5, 5.41) is 2.97. The van der Waals surface area contributed by atoms with E-state index in [9.17, 15) is 9.59 Å². The highest BCUT2D eigenvalue weighted by Crippen LogP contribution is 2.31. The summed E-state index contributed by atoms with van der Waals surface area (Å²) in [5.74, 6) is 1.13. The Morgan fingerprint density at radius 3 is 2.38 bits per heavy atom. The number of rotatable bonds is 9. The summed E-state index contributed by atoms with van der Waals surface area (Å²) in [4.78, 5) is 32.8. The van der Waals surface area contributed by atoms with E-state index in [0.29, 0.717) is 39.5 Å². The molecule has 0 aliphatic carbocycles. The Labute approximate surface area is 236 Å². The second-order valence-corrected chi connectivity index (χ2v) is 10.1. The number of nitrogens with one attached hydrogen (secondary N) is 1.